The van der Waals surface area contributed by atoms with Gasteiger partial charge < -0.3 is 9.88 Å². The molecule has 2 atom stereocenters. The maximum Gasteiger partial charge on any atom is 0.272 e. The number of aryl methyl sites for hydroxylation is 1. The Morgan fingerprint density at radius 2 is 2.14 bits per heavy atom. The van der Waals surface area contributed by atoms with Crippen molar-refractivity contribution < 1.29 is 13.4 Å². The number of nitrogens with one attached hydrogen (secondary N) is 3. The number of aromatic nitrogens is 1. The summed E-state index contributed by atoms with van der Waals surface area (Å²) in [4.78, 5) is 13.2. The van der Waals surface area contributed by atoms with Crippen LogP contribution in [0.1, 0.15) is 36.3 Å². The Kier molecular flexibility index (Phi) is 6.86. The van der Waals surface area contributed by atoms with Crippen LogP contribution in [-0.4, -0.2) is 20.7 Å². The van der Waals surface area contributed by atoms with E-state index in [0.29, 0.717) is 34.7 Å². The van der Waals surface area contributed by atoms with Gasteiger partial charge in [-0.1, -0.05) is 25.4 Å². The van der Waals surface area contributed by atoms with Crippen LogP contribution in [0.25, 0.3) is 0 Å². The number of fused-ring (bicyclic) bond motifs is 1. The quantitative estimate of drug-likeness (QED) is 0.663. The fourth-order valence-electron chi connectivity index (χ4n) is 3.30. The van der Waals surface area contributed by atoms with Crippen molar-refractivity contribution in [3.05, 3.63) is 46.5 Å². The van der Waals surface area contributed by atoms with Gasteiger partial charge in [-0.15, -0.1) is 0 Å². The molecule has 0 spiro atoms. The first-order valence-electron chi connectivity index (χ1n) is 8.61. The van der Waals surface area contributed by atoms with Crippen molar-refractivity contribution in [3.8, 4) is 0 Å². The van der Waals surface area contributed by atoms with Gasteiger partial charge in [0.2, 0.25) is 0 Å². The number of rotatable bonds is 3. The van der Waals surface area contributed by atoms with E-state index in [1.54, 1.807) is 17.8 Å². The molecule has 0 fully saturated rings. The third kappa shape index (κ3) is 4.37. The molecular formula is C18H24ClFN4O2S2. The highest BCUT2D eigenvalue weighted by Crippen LogP contribution is 2.30. The van der Waals surface area contributed by atoms with Gasteiger partial charge in [0.15, 0.2) is 0 Å². The Morgan fingerprint density at radius 3 is 2.75 bits per heavy atom. The van der Waals surface area contributed by atoms with Gasteiger partial charge in [-0.3, -0.25) is 4.79 Å². The van der Waals surface area contributed by atoms with Gasteiger partial charge in [0.05, 0.1) is 9.92 Å². The Bertz CT molecular complexity index is 1010. The second kappa shape index (κ2) is 8.44. The molecular weight excluding hydrogens is 423 g/mol. The molecule has 1 aliphatic heterocycles. The summed E-state index contributed by atoms with van der Waals surface area (Å²) in [5, 5.41) is 2.61. The molecule has 1 aliphatic rings. The van der Waals surface area contributed by atoms with E-state index in [9.17, 15) is 13.4 Å². The maximum atomic E-state index is 13.3. The molecule has 0 aliphatic carbocycles. The van der Waals surface area contributed by atoms with Gasteiger partial charge in [-0.05, 0) is 37.0 Å². The molecule has 3 N–H and O–H groups in total. The first kappa shape index (κ1) is 22.7. The minimum Gasteiger partial charge on any atom is -0.345 e. The molecule has 1 amide bonds. The van der Waals surface area contributed by atoms with Gasteiger partial charge >= 0.3 is 0 Å². The fraction of sp³-hybridized carbons (Fsp3) is 0.389. The lowest BCUT2D eigenvalue weighted by Crippen LogP contribution is -2.36. The van der Waals surface area contributed by atoms with Crippen LogP contribution in [-0.2, 0) is 23.4 Å². The Morgan fingerprint density at radius 1 is 1.46 bits per heavy atom. The van der Waals surface area contributed by atoms with Crippen molar-refractivity contribution in [2.75, 3.05) is 5.32 Å². The predicted octanol–water partition coefficient (Wildman–Crippen LogP) is 4.06. The Labute approximate surface area is 176 Å². The number of hydrogen-bond donors (Lipinski definition) is 3. The Hall–Kier alpha value is -1.55. The van der Waals surface area contributed by atoms with Crippen LogP contribution in [0, 0.1) is 16.5 Å². The highest BCUT2D eigenvalue weighted by atomic mass is 35.5. The molecule has 10 heteroatoms. The summed E-state index contributed by atoms with van der Waals surface area (Å²) >= 11 is 5.77. The lowest BCUT2D eigenvalue weighted by atomic mass is 9.97. The summed E-state index contributed by atoms with van der Waals surface area (Å²) < 4.78 is 39.1. The van der Waals surface area contributed by atoms with Gasteiger partial charge in [0.1, 0.15) is 21.4 Å². The Balaban J connectivity index is 0.00000280. The molecule has 0 saturated heterocycles. The summed E-state index contributed by atoms with van der Waals surface area (Å²) in [7, 11) is -1.54. The topological polar surface area (TPSA) is 87.0 Å². The smallest absolute Gasteiger partial charge is 0.272 e. The first-order valence-corrected chi connectivity index (χ1v) is 10.5. The highest BCUT2D eigenvalue weighted by Gasteiger charge is 2.31. The van der Waals surface area contributed by atoms with Gasteiger partial charge in [0.25, 0.3) is 5.91 Å². The van der Waals surface area contributed by atoms with Crippen LogP contribution in [0.4, 0.5) is 10.1 Å². The second-order valence-electron chi connectivity index (χ2n) is 7.08. The minimum absolute atomic E-state index is 0. The van der Waals surface area contributed by atoms with Crippen LogP contribution < -0.4 is 10.0 Å². The molecule has 1 aromatic carbocycles. The zero-order valence-corrected chi connectivity index (χ0v) is 18.4. The molecule has 2 aromatic rings. The van der Waals surface area contributed by atoms with Gasteiger partial charge in [-0.25, -0.2) is 18.1 Å². The molecule has 28 heavy (non-hydrogen) atoms. The van der Waals surface area contributed by atoms with E-state index in [-0.39, 0.29) is 30.5 Å². The summed E-state index contributed by atoms with van der Waals surface area (Å²) in [5.74, 6) is -0.769. The fourth-order valence-corrected chi connectivity index (χ4v) is 5.28. The molecule has 0 bridgehead atoms. The molecule has 2 heterocycles. The SMILES string of the molecule is CC(C)[C@H]1CCc2c(cn(C)c2C(=O)Nc2ccc(F)c(Cl)c2)S(=N)(=O)N1.S. The zero-order valence-electron chi connectivity index (χ0n) is 15.8. The molecule has 0 radical (unpaired) electrons. The van der Waals surface area contributed by atoms with Crippen LogP contribution in [0.15, 0.2) is 29.3 Å². The van der Waals surface area contributed by atoms with Crippen molar-refractivity contribution >= 4 is 46.6 Å². The van der Waals surface area contributed by atoms with Crippen LogP contribution in [0.2, 0.25) is 5.02 Å². The van der Waals surface area contributed by atoms with E-state index in [1.807, 2.05) is 13.8 Å². The number of anilines is 1. The van der Waals surface area contributed by atoms with E-state index in [1.165, 1.54) is 18.2 Å². The largest absolute Gasteiger partial charge is 0.345 e. The van der Waals surface area contributed by atoms with Crippen molar-refractivity contribution in [3.63, 3.8) is 0 Å². The van der Waals surface area contributed by atoms with E-state index >= 15 is 0 Å². The van der Waals surface area contributed by atoms with E-state index in [2.05, 4.69) is 10.0 Å². The monoisotopic (exact) mass is 446 g/mol. The van der Waals surface area contributed by atoms with Crippen LogP contribution in [0.5, 0.6) is 0 Å². The third-order valence-corrected chi connectivity index (χ3v) is 6.67. The second-order valence-corrected chi connectivity index (χ2v) is 9.27. The van der Waals surface area contributed by atoms with Crippen molar-refractivity contribution in [1.29, 1.82) is 4.78 Å². The molecule has 6 nitrogen and oxygen atoms in total. The molecule has 3 rings (SSSR count). The van der Waals surface area contributed by atoms with Crippen molar-refractivity contribution in [1.82, 2.24) is 9.29 Å². The van der Waals surface area contributed by atoms with Crippen molar-refractivity contribution in [2.45, 2.75) is 37.6 Å². The molecule has 1 aromatic heterocycles. The molecule has 1 unspecified atom stereocenters. The number of benzene rings is 1. The van der Waals surface area contributed by atoms with E-state index < -0.39 is 21.6 Å². The normalized spacial score (nSPS) is 21.6. The van der Waals surface area contributed by atoms with Crippen LogP contribution >= 0.6 is 25.1 Å². The number of carbonyl (C=O) groups excluding carboxylic acids is 1. The molecule has 154 valence electrons. The lowest BCUT2D eigenvalue weighted by Gasteiger charge is -2.20. The van der Waals surface area contributed by atoms with Gasteiger partial charge in [0, 0.05) is 30.5 Å². The minimum atomic E-state index is -3.21. The van der Waals surface area contributed by atoms with E-state index in [4.69, 9.17) is 16.4 Å². The first-order chi connectivity index (χ1) is 12.6. The van der Waals surface area contributed by atoms with Crippen molar-refractivity contribution in [2.24, 2.45) is 13.0 Å². The van der Waals surface area contributed by atoms with Crippen LogP contribution in [0.3, 0.4) is 0 Å². The maximum absolute atomic E-state index is 13.3. The summed E-state index contributed by atoms with van der Waals surface area (Å²) in [5.41, 5.74) is 1.32. The zero-order chi connectivity index (χ0) is 19.9. The summed E-state index contributed by atoms with van der Waals surface area (Å²) in [6.45, 7) is 4.02. The lowest BCUT2D eigenvalue weighted by molar-refractivity contribution is 0.101. The average Bonchev–Trinajstić information content (AvgIpc) is 2.85. The van der Waals surface area contributed by atoms with E-state index in [0.717, 1.165) is 0 Å². The number of amides is 1. The average molecular weight is 447 g/mol. The third-order valence-electron chi connectivity index (χ3n) is 4.78. The summed E-state index contributed by atoms with van der Waals surface area (Å²) in [6, 6.07) is 3.86. The predicted molar refractivity (Wildman–Crippen MR) is 114 cm³/mol. The number of hydrogen-bond acceptors (Lipinski definition) is 3. The number of nitrogens with zero attached hydrogens (tertiary/aromatic N) is 1. The number of halogens is 2. The number of carbonyl (C=O) groups is 1. The standard InChI is InChI=1S/C18H22ClFN4O2S.H2S/c1-10(2)15-7-5-12-16(27(21,26)23-15)9-24(3)17(12)18(25)22-11-4-6-14(20)13(19)8-11;/h4,6,8-10,15H,5,7H2,1-3H3,(H,22,25)(H2,21,23,26);1H2/t15-,27?;/m1./s1. The highest BCUT2D eigenvalue weighted by molar-refractivity contribution is 7.90. The molecule has 0 saturated carbocycles. The summed E-state index contributed by atoms with van der Waals surface area (Å²) in [6.07, 6.45) is 2.79. The van der Waals surface area contributed by atoms with Gasteiger partial charge in [-0.2, -0.15) is 13.5 Å².